The molecule has 0 spiro atoms. The molecule has 0 saturated heterocycles. The number of para-hydroxylation sites is 1. The highest BCUT2D eigenvalue weighted by atomic mass is 16.5. The third-order valence-corrected chi connectivity index (χ3v) is 2.99. The van der Waals surface area contributed by atoms with Crippen LogP contribution >= 0.6 is 0 Å². The van der Waals surface area contributed by atoms with E-state index in [1.54, 1.807) is 7.11 Å². The summed E-state index contributed by atoms with van der Waals surface area (Å²) in [6.45, 7) is 7.59. The standard InChI is InChI=1S/C15H25NO2/c1-4-13(2)12-18-15-8-6-5-7-14(15)11-16-9-10-17-3/h5-8,13,16H,4,9-12H2,1-3H3. The molecular formula is C15H25NO2. The lowest BCUT2D eigenvalue weighted by Gasteiger charge is -2.14. The Hall–Kier alpha value is -1.06. The summed E-state index contributed by atoms with van der Waals surface area (Å²) in [5.74, 6) is 1.59. The molecule has 102 valence electrons. The molecule has 0 aromatic heterocycles. The summed E-state index contributed by atoms with van der Waals surface area (Å²) >= 11 is 0. The fourth-order valence-electron chi connectivity index (χ4n) is 1.54. The van der Waals surface area contributed by atoms with Gasteiger partial charge in [-0.2, -0.15) is 0 Å². The van der Waals surface area contributed by atoms with Gasteiger partial charge in [-0.1, -0.05) is 38.5 Å². The Balaban J connectivity index is 2.45. The highest BCUT2D eigenvalue weighted by Crippen LogP contribution is 2.18. The highest BCUT2D eigenvalue weighted by molar-refractivity contribution is 5.33. The van der Waals surface area contributed by atoms with E-state index in [0.717, 1.165) is 38.5 Å². The van der Waals surface area contributed by atoms with Crippen LogP contribution in [-0.2, 0) is 11.3 Å². The maximum absolute atomic E-state index is 5.88. The highest BCUT2D eigenvalue weighted by Gasteiger charge is 2.04. The second-order valence-electron chi connectivity index (χ2n) is 4.60. The quantitative estimate of drug-likeness (QED) is 0.685. The number of hydrogen-bond acceptors (Lipinski definition) is 3. The van der Waals surface area contributed by atoms with Crippen molar-refractivity contribution in [1.29, 1.82) is 0 Å². The van der Waals surface area contributed by atoms with Crippen molar-refractivity contribution < 1.29 is 9.47 Å². The molecule has 1 N–H and O–H groups in total. The first-order chi connectivity index (χ1) is 8.77. The Morgan fingerprint density at radius 2 is 2.06 bits per heavy atom. The summed E-state index contributed by atoms with van der Waals surface area (Å²) in [6, 6.07) is 8.20. The van der Waals surface area contributed by atoms with E-state index in [4.69, 9.17) is 9.47 Å². The lowest BCUT2D eigenvalue weighted by molar-refractivity contribution is 0.199. The van der Waals surface area contributed by atoms with E-state index in [9.17, 15) is 0 Å². The van der Waals surface area contributed by atoms with Gasteiger partial charge >= 0.3 is 0 Å². The van der Waals surface area contributed by atoms with E-state index in [1.807, 2.05) is 18.2 Å². The van der Waals surface area contributed by atoms with Crippen LogP contribution in [0.5, 0.6) is 5.75 Å². The first-order valence-electron chi connectivity index (χ1n) is 6.68. The molecule has 0 aliphatic heterocycles. The van der Waals surface area contributed by atoms with Crippen molar-refractivity contribution in [3.05, 3.63) is 29.8 Å². The Labute approximate surface area is 110 Å². The molecule has 0 radical (unpaired) electrons. The lowest BCUT2D eigenvalue weighted by atomic mass is 10.1. The van der Waals surface area contributed by atoms with Gasteiger partial charge in [0.2, 0.25) is 0 Å². The zero-order valence-corrected chi connectivity index (χ0v) is 11.7. The Morgan fingerprint density at radius 1 is 1.28 bits per heavy atom. The van der Waals surface area contributed by atoms with Crippen molar-refractivity contribution >= 4 is 0 Å². The van der Waals surface area contributed by atoms with Gasteiger partial charge in [0.1, 0.15) is 5.75 Å². The monoisotopic (exact) mass is 251 g/mol. The summed E-state index contributed by atoms with van der Waals surface area (Å²) < 4.78 is 10.9. The molecule has 0 aliphatic rings. The van der Waals surface area contributed by atoms with Crippen molar-refractivity contribution in [2.45, 2.75) is 26.8 Å². The van der Waals surface area contributed by atoms with Crippen molar-refractivity contribution in [3.8, 4) is 5.75 Å². The van der Waals surface area contributed by atoms with E-state index in [-0.39, 0.29) is 0 Å². The molecule has 1 aromatic carbocycles. The number of rotatable bonds is 9. The van der Waals surface area contributed by atoms with E-state index < -0.39 is 0 Å². The molecule has 0 aliphatic carbocycles. The molecular weight excluding hydrogens is 226 g/mol. The zero-order valence-electron chi connectivity index (χ0n) is 11.7. The number of benzene rings is 1. The molecule has 1 atom stereocenters. The van der Waals surface area contributed by atoms with Crippen LogP contribution in [0.2, 0.25) is 0 Å². The first-order valence-corrected chi connectivity index (χ1v) is 6.68. The lowest BCUT2D eigenvalue weighted by Crippen LogP contribution is -2.19. The van der Waals surface area contributed by atoms with E-state index in [0.29, 0.717) is 5.92 Å². The summed E-state index contributed by atoms with van der Waals surface area (Å²) in [7, 11) is 1.71. The summed E-state index contributed by atoms with van der Waals surface area (Å²) in [5.41, 5.74) is 1.21. The maximum Gasteiger partial charge on any atom is 0.123 e. The minimum Gasteiger partial charge on any atom is -0.493 e. The van der Waals surface area contributed by atoms with Crippen LogP contribution in [0.25, 0.3) is 0 Å². The normalized spacial score (nSPS) is 12.4. The molecule has 0 saturated carbocycles. The fourth-order valence-corrected chi connectivity index (χ4v) is 1.54. The SMILES string of the molecule is CCC(C)COc1ccccc1CNCCOC. The molecule has 3 heteroatoms. The van der Waals surface area contributed by atoms with Crippen LogP contribution in [-0.4, -0.2) is 26.9 Å². The maximum atomic E-state index is 5.88. The van der Waals surface area contributed by atoms with Crippen LogP contribution in [0.1, 0.15) is 25.8 Å². The third-order valence-electron chi connectivity index (χ3n) is 2.99. The number of hydrogen-bond donors (Lipinski definition) is 1. The van der Waals surface area contributed by atoms with Crippen LogP contribution in [0.15, 0.2) is 24.3 Å². The predicted octanol–water partition coefficient (Wildman–Crippen LogP) is 2.85. The zero-order chi connectivity index (χ0) is 13.2. The number of methoxy groups -OCH3 is 1. The van der Waals surface area contributed by atoms with Gasteiger partial charge in [-0.05, 0) is 12.0 Å². The van der Waals surface area contributed by atoms with E-state index in [1.165, 1.54) is 5.56 Å². The molecule has 0 amide bonds. The van der Waals surface area contributed by atoms with Gasteiger partial charge in [-0.25, -0.2) is 0 Å². The smallest absolute Gasteiger partial charge is 0.123 e. The molecule has 0 heterocycles. The van der Waals surface area contributed by atoms with Crippen molar-refractivity contribution in [2.24, 2.45) is 5.92 Å². The average molecular weight is 251 g/mol. The molecule has 1 unspecified atom stereocenters. The average Bonchev–Trinajstić information content (AvgIpc) is 2.42. The second-order valence-corrected chi connectivity index (χ2v) is 4.60. The molecule has 1 aromatic rings. The Bertz CT molecular complexity index is 328. The largest absolute Gasteiger partial charge is 0.493 e. The molecule has 18 heavy (non-hydrogen) atoms. The Kier molecular flexibility index (Phi) is 7.46. The summed E-state index contributed by atoms with van der Waals surface area (Å²) in [5, 5.41) is 3.34. The minimum absolute atomic E-state index is 0.597. The van der Waals surface area contributed by atoms with Crippen LogP contribution in [0, 0.1) is 5.92 Å². The first kappa shape index (κ1) is 15.0. The molecule has 1 rings (SSSR count). The van der Waals surface area contributed by atoms with Crippen LogP contribution in [0.4, 0.5) is 0 Å². The van der Waals surface area contributed by atoms with E-state index in [2.05, 4.69) is 25.2 Å². The topological polar surface area (TPSA) is 30.5 Å². The summed E-state index contributed by atoms with van der Waals surface area (Å²) in [4.78, 5) is 0. The third kappa shape index (κ3) is 5.52. The summed E-state index contributed by atoms with van der Waals surface area (Å²) in [6.07, 6.45) is 1.15. The van der Waals surface area contributed by atoms with Crippen molar-refractivity contribution in [1.82, 2.24) is 5.32 Å². The van der Waals surface area contributed by atoms with Gasteiger partial charge < -0.3 is 14.8 Å². The molecule has 0 fully saturated rings. The van der Waals surface area contributed by atoms with Gasteiger partial charge in [0.05, 0.1) is 13.2 Å². The van der Waals surface area contributed by atoms with Gasteiger partial charge in [-0.15, -0.1) is 0 Å². The van der Waals surface area contributed by atoms with E-state index >= 15 is 0 Å². The van der Waals surface area contributed by atoms with Crippen molar-refractivity contribution in [3.63, 3.8) is 0 Å². The molecule has 0 bridgehead atoms. The van der Waals surface area contributed by atoms with Gasteiger partial charge in [0, 0.05) is 25.8 Å². The minimum atomic E-state index is 0.597. The Morgan fingerprint density at radius 3 is 2.78 bits per heavy atom. The predicted molar refractivity (Wildman–Crippen MR) is 75.0 cm³/mol. The second kappa shape index (κ2) is 8.95. The van der Waals surface area contributed by atoms with Gasteiger partial charge in [-0.3, -0.25) is 0 Å². The van der Waals surface area contributed by atoms with Crippen LogP contribution in [0.3, 0.4) is 0 Å². The number of ether oxygens (including phenoxy) is 2. The fraction of sp³-hybridized carbons (Fsp3) is 0.600. The van der Waals surface area contributed by atoms with Crippen molar-refractivity contribution in [2.75, 3.05) is 26.9 Å². The van der Waals surface area contributed by atoms with Gasteiger partial charge in [0.15, 0.2) is 0 Å². The van der Waals surface area contributed by atoms with Crippen LogP contribution < -0.4 is 10.1 Å². The number of nitrogens with one attached hydrogen (secondary N) is 1. The molecule has 3 nitrogen and oxygen atoms in total. The van der Waals surface area contributed by atoms with Gasteiger partial charge in [0.25, 0.3) is 0 Å².